The van der Waals surface area contributed by atoms with E-state index in [1.165, 1.54) is 23.9 Å². The van der Waals surface area contributed by atoms with Crippen LogP contribution in [0.2, 0.25) is 0 Å². The molecule has 0 saturated carbocycles. The highest BCUT2D eigenvalue weighted by atomic mass is 32.2. The Morgan fingerprint density at radius 3 is 2.32 bits per heavy atom. The fraction of sp³-hybridized carbons (Fsp3) is 0.160. The quantitative estimate of drug-likeness (QED) is 0.209. The fourth-order valence-corrected chi connectivity index (χ4v) is 4.29. The minimum absolute atomic E-state index is 0.000641. The molecule has 3 aromatic carbocycles. The molecule has 1 aromatic heterocycles. The summed E-state index contributed by atoms with van der Waals surface area (Å²) in [6.45, 7) is 2.22. The lowest BCUT2D eigenvalue weighted by molar-refractivity contribution is -0.384. The number of carbonyl (C=O) groups is 1. The average Bonchev–Trinajstić information content (AvgIpc) is 3.29. The lowest BCUT2D eigenvalue weighted by atomic mass is 10.1. The van der Waals surface area contributed by atoms with Crippen LogP contribution in [-0.4, -0.2) is 25.6 Å². The van der Waals surface area contributed by atoms with Crippen molar-refractivity contribution in [2.24, 2.45) is 0 Å². The summed E-state index contributed by atoms with van der Waals surface area (Å²) >= 11 is 1.50. The number of hydrogen-bond acceptors (Lipinski definition) is 6. The Kier molecular flexibility index (Phi) is 7.34. The second-order valence-corrected chi connectivity index (χ2v) is 8.46. The van der Waals surface area contributed by atoms with Crippen LogP contribution in [0, 0.1) is 10.1 Å². The molecule has 0 atom stereocenters. The molecule has 9 heteroatoms. The number of carbonyl (C=O) groups excluding carboxylic acids is 1. The van der Waals surface area contributed by atoms with Crippen molar-refractivity contribution >= 4 is 23.4 Å². The minimum atomic E-state index is -0.439. The summed E-state index contributed by atoms with van der Waals surface area (Å²) in [5.74, 6) is 1.00. The smallest absolute Gasteiger partial charge is 0.269 e. The van der Waals surface area contributed by atoms with E-state index in [0.717, 1.165) is 17.5 Å². The lowest BCUT2D eigenvalue weighted by Crippen LogP contribution is -2.24. The monoisotopic (exact) mass is 473 g/mol. The first-order chi connectivity index (χ1) is 16.5. The summed E-state index contributed by atoms with van der Waals surface area (Å²) < 4.78 is 1.82. The number of nitro benzene ring substituents is 1. The second-order valence-electron chi connectivity index (χ2n) is 7.52. The van der Waals surface area contributed by atoms with Crippen LogP contribution < -0.4 is 5.32 Å². The molecule has 0 fully saturated rings. The molecule has 0 radical (unpaired) electrons. The number of hydrogen-bond donors (Lipinski definition) is 1. The Labute approximate surface area is 201 Å². The van der Waals surface area contributed by atoms with Gasteiger partial charge in [0.2, 0.25) is 0 Å². The Morgan fingerprint density at radius 2 is 1.68 bits per heavy atom. The molecule has 0 aliphatic heterocycles. The van der Waals surface area contributed by atoms with E-state index in [-0.39, 0.29) is 18.1 Å². The van der Waals surface area contributed by atoms with Gasteiger partial charge in [0.15, 0.2) is 11.0 Å². The summed E-state index contributed by atoms with van der Waals surface area (Å²) in [6, 6.07) is 23.7. The van der Waals surface area contributed by atoms with Gasteiger partial charge in [-0.1, -0.05) is 61.2 Å². The maximum Gasteiger partial charge on any atom is 0.269 e. The number of non-ortho nitro benzene ring substituents is 1. The maximum absolute atomic E-state index is 12.7. The Bertz CT molecular complexity index is 1270. The van der Waals surface area contributed by atoms with Crippen LogP contribution in [0.5, 0.6) is 0 Å². The molecule has 1 amide bonds. The molecule has 4 aromatic rings. The number of nitrogens with zero attached hydrogens (tertiary/aromatic N) is 4. The van der Waals surface area contributed by atoms with Crippen molar-refractivity contribution in [1.29, 1.82) is 0 Å². The van der Waals surface area contributed by atoms with E-state index in [2.05, 4.69) is 22.4 Å². The minimum Gasteiger partial charge on any atom is -0.345 e. The fourth-order valence-electron chi connectivity index (χ4n) is 3.37. The third kappa shape index (κ3) is 5.49. The number of benzene rings is 3. The summed E-state index contributed by atoms with van der Waals surface area (Å²) in [5, 5.41) is 23.2. The molecule has 1 heterocycles. The van der Waals surface area contributed by atoms with Crippen LogP contribution in [0.15, 0.2) is 84.0 Å². The third-order valence-electron chi connectivity index (χ3n) is 5.26. The van der Waals surface area contributed by atoms with Gasteiger partial charge in [-0.15, -0.1) is 10.2 Å². The van der Waals surface area contributed by atoms with E-state index >= 15 is 0 Å². The van der Waals surface area contributed by atoms with Gasteiger partial charge in [0.25, 0.3) is 11.6 Å². The van der Waals surface area contributed by atoms with E-state index in [1.54, 1.807) is 24.3 Å². The number of aryl methyl sites for hydroxylation is 1. The van der Waals surface area contributed by atoms with Crippen LogP contribution in [0.4, 0.5) is 5.69 Å². The Balaban J connectivity index is 1.57. The van der Waals surface area contributed by atoms with Crippen molar-refractivity contribution < 1.29 is 9.72 Å². The number of nitrogens with one attached hydrogen (secondary N) is 1. The number of amides is 1. The first-order valence-corrected chi connectivity index (χ1v) is 11.8. The topological polar surface area (TPSA) is 103 Å². The second kappa shape index (κ2) is 10.8. The van der Waals surface area contributed by atoms with Gasteiger partial charge < -0.3 is 5.32 Å². The lowest BCUT2D eigenvalue weighted by Gasteiger charge is -2.11. The third-order valence-corrected chi connectivity index (χ3v) is 6.26. The standard InChI is InChI=1S/C25H23N5O3S/c1-2-18-8-10-20(11-9-18)24(31)26-16-23-27-28-25(34-17-19-6-4-3-5-7-19)29(23)21-12-14-22(15-13-21)30(32)33/h3-15H,2,16-17H2,1H3,(H,26,31). The molecule has 0 aliphatic carbocycles. The SMILES string of the molecule is CCc1ccc(C(=O)NCc2nnc(SCc3ccccc3)n2-c2ccc([N+](=O)[O-])cc2)cc1. The van der Waals surface area contributed by atoms with Gasteiger partial charge in [0.1, 0.15) is 0 Å². The maximum atomic E-state index is 12.7. The number of nitro groups is 1. The van der Waals surface area contributed by atoms with Crippen molar-refractivity contribution in [2.45, 2.75) is 30.8 Å². The zero-order chi connectivity index (χ0) is 23.9. The highest BCUT2D eigenvalue weighted by Gasteiger charge is 2.17. The van der Waals surface area contributed by atoms with Gasteiger partial charge in [-0.3, -0.25) is 19.5 Å². The van der Waals surface area contributed by atoms with Crippen LogP contribution in [-0.2, 0) is 18.7 Å². The van der Waals surface area contributed by atoms with Crippen LogP contribution in [0.25, 0.3) is 5.69 Å². The number of thioether (sulfide) groups is 1. The van der Waals surface area contributed by atoms with E-state index in [9.17, 15) is 14.9 Å². The molecular weight excluding hydrogens is 450 g/mol. The normalized spacial score (nSPS) is 10.7. The number of aromatic nitrogens is 3. The van der Waals surface area contributed by atoms with Gasteiger partial charge in [-0.05, 0) is 41.8 Å². The van der Waals surface area contributed by atoms with Gasteiger partial charge >= 0.3 is 0 Å². The predicted molar refractivity (Wildman–Crippen MR) is 131 cm³/mol. The molecule has 0 unspecified atom stereocenters. The van der Waals surface area contributed by atoms with Gasteiger partial charge in [0.05, 0.1) is 11.5 Å². The molecule has 0 saturated heterocycles. The number of rotatable bonds is 9. The van der Waals surface area contributed by atoms with Crippen LogP contribution in [0.3, 0.4) is 0 Å². The first kappa shape index (κ1) is 23.2. The van der Waals surface area contributed by atoms with E-state index in [1.807, 2.05) is 47.0 Å². The zero-order valence-corrected chi connectivity index (χ0v) is 19.4. The van der Waals surface area contributed by atoms with Crippen molar-refractivity contribution in [1.82, 2.24) is 20.1 Å². The summed E-state index contributed by atoms with van der Waals surface area (Å²) in [4.78, 5) is 23.3. The van der Waals surface area contributed by atoms with Crippen LogP contribution >= 0.6 is 11.8 Å². The molecule has 8 nitrogen and oxygen atoms in total. The molecule has 0 bridgehead atoms. The molecule has 34 heavy (non-hydrogen) atoms. The van der Waals surface area contributed by atoms with E-state index < -0.39 is 4.92 Å². The van der Waals surface area contributed by atoms with Crippen molar-refractivity contribution in [3.8, 4) is 5.69 Å². The van der Waals surface area contributed by atoms with Crippen molar-refractivity contribution in [3.05, 3.63) is 111 Å². The summed E-state index contributed by atoms with van der Waals surface area (Å²) in [7, 11) is 0. The van der Waals surface area contributed by atoms with Crippen molar-refractivity contribution in [3.63, 3.8) is 0 Å². The van der Waals surface area contributed by atoms with Gasteiger partial charge in [-0.25, -0.2) is 0 Å². The average molecular weight is 474 g/mol. The van der Waals surface area contributed by atoms with Gasteiger partial charge in [-0.2, -0.15) is 0 Å². The molecular formula is C25H23N5O3S. The largest absolute Gasteiger partial charge is 0.345 e. The molecule has 0 spiro atoms. The molecule has 4 rings (SSSR count). The highest BCUT2D eigenvalue weighted by Crippen LogP contribution is 2.26. The van der Waals surface area contributed by atoms with E-state index in [0.29, 0.717) is 28.0 Å². The predicted octanol–water partition coefficient (Wildman–Crippen LogP) is 4.96. The first-order valence-electron chi connectivity index (χ1n) is 10.8. The Hall–Kier alpha value is -3.98. The molecule has 172 valence electrons. The highest BCUT2D eigenvalue weighted by molar-refractivity contribution is 7.98. The summed E-state index contributed by atoms with van der Waals surface area (Å²) in [6.07, 6.45) is 0.906. The van der Waals surface area contributed by atoms with Crippen LogP contribution in [0.1, 0.15) is 34.2 Å². The Morgan fingerprint density at radius 1 is 0.971 bits per heavy atom. The summed E-state index contributed by atoms with van der Waals surface area (Å²) in [5.41, 5.74) is 3.55. The molecule has 1 N–H and O–H groups in total. The molecule has 0 aliphatic rings. The van der Waals surface area contributed by atoms with Crippen molar-refractivity contribution in [2.75, 3.05) is 0 Å². The van der Waals surface area contributed by atoms with E-state index in [4.69, 9.17) is 0 Å². The van der Waals surface area contributed by atoms with Gasteiger partial charge in [0, 0.05) is 29.1 Å². The zero-order valence-electron chi connectivity index (χ0n) is 18.5.